The standard InChI is InChI=1S/C15H17N3O3/c1-10-7-12(17-18(10)2)9-16-15(19)11-3-4-13-14(8-11)21-6-5-20-13/h3-4,7-8H,5-6,9H2,1-2H3,(H,16,19). The summed E-state index contributed by atoms with van der Waals surface area (Å²) in [6, 6.07) is 7.14. The molecule has 1 N–H and O–H groups in total. The van der Waals surface area contributed by atoms with Gasteiger partial charge in [0.2, 0.25) is 0 Å². The van der Waals surface area contributed by atoms with Crippen LogP contribution >= 0.6 is 0 Å². The van der Waals surface area contributed by atoms with Crippen molar-refractivity contribution in [3.05, 3.63) is 41.2 Å². The molecule has 0 aliphatic carbocycles. The zero-order chi connectivity index (χ0) is 14.8. The third-order valence-corrected chi connectivity index (χ3v) is 3.40. The third-order valence-electron chi connectivity index (χ3n) is 3.40. The lowest BCUT2D eigenvalue weighted by Gasteiger charge is -2.18. The predicted molar refractivity (Wildman–Crippen MR) is 76.5 cm³/mol. The molecule has 0 saturated carbocycles. The van der Waals surface area contributed by atoms with E-state index in [0.717, 1.165) is 11.4 Å². The smallest absolute Gasteiger partial charge is 0.251 e. The van der Waals surface area contributed by atoms with Gasteiger partial charge in [0.05, 0.1) is 12.2 Å². The first kappa shape index (κ1) is 13.5. The van der Waals surface area contributed by atoms with Crippen LogP contribution in [0.25, 0.3) is 0 Å². The molecule has 1 aliphatic rings. The van der Waals surface area contributed by atoms with Crippen molar-refractivity contribution < 1.29 is 14.3 Å². The molecule has 0 radical (unpaired) electrons. The van der Waals surface area contributed by atoms with E-state index in [1.807, 2.05) is 20.0 Å². The fourth-order valence-electron chi connectivity index (χ4n) is 2.18. The average molecular weight is 287 g/mol. The van der Waals surface area contributed by atoms with E-state index < -0.39 is 0 Å². The number of aromatic nitrogens is 2. The Morgan fingerprint density at radius 1 is 1.29 bits per heavy atom. The predicted octanol–water partition coefficient (Wildman–Crippen LogP) is 1.43. The summed E-state index contributed by atoms with van der Waals surface area (Å²) < 4.78 is 12.7. The molecule has 0 bridgehead atoms. The number of hydrogen-bond donors (Lipinski definition) is 1. The van der Waals surface area contributed by atoms with Gasteiger partial charge in [-0.1, -0.05) is 0 Å². The molecule has 0 spiro atoms. The van der Waals surface area contributed by atoms with E-state index in [2.05, 4.69) is 10.4 Å². The van der Waals surface area contributed by atoms with Crippen molar-refractivity contribution in [3.8, 4) is 11.5 Å². The van der Waals surface area contributed by atoms with Gasteiger partial charge in [0.1, 0.15) is 13.2 Å². The fraction of sp³-hybridized carbons (Fsp3) is 0.333. The van der Waals surface area contributed by atoms with Crippen LogP contribution in [0, 0.1) is 6.92 Å². The van der Waals surface area contributed by atoms with E-state index in [9.17, 15) is 4.79 Å². The van der Waals surface area contributed by atoms with Crippen LogP contribution in [0.15, 0.2) is 24.3 Å². The van der Waals surface area contributed by atoms with E-state index >= 15 is 0 Å². The number of fused-ring (bicyclic) bond motifs is 1. The second-order valence-electron chi connectivity index (χ2n) is 4.94. The summed E-state index contributed by atoms with van der Waals surface area (Å²) in [6.45, 7) is 3.41. The van der Waals surface area contributed by atoms with Crippen LogP contribution in [-0.2, 0) is 13.6 Å². The SMILES string of the molecule is Cc1cc(CNC(=O)c2ccc3c(c2)OCCO3)nn1C. The van der Waals surface area contributed by atoms with Gasteiger partial charge in [-0.25, -0.2) is 0 Å². The van der Waals surface area contributed by atoms with E-state index in [1.165, 1.54) is 0 Å². The molecule has 0 unspecified atom stereocenters. The lowest BCUT2D eigenvalue weighted by Crippen LogP contribution is -2.23. The number of carbonyl (C=O) groups is 1. The molecule has 0 fully saturated rings. The van der Waals surface area contributed by atoms with Crippen molar-refractivity contribution >= 4 is 5.91 Å². The van der Waals surface area contributed by atoms with Crippen molar-refractivity contribution in [2.24, 2.45) is 7.05 Å². The summed E-state index contributed by atoms with van der Waals surface area (Å²) in [5.41, 5.74) is 2.44. The van der Waals surface area contributed by atoms with Crippen LogP contribution in [0.3, 0.4) is 0 Å². The number of carbonyl (C=O) groups excluding carboxylic acids is 1. The normalized spacial score (nSPS) is 13.0. The molecule has 2 aromatic rings. The van der Waals surface area contributed by atoms with Gasteiger partial charge in [0.15, 0.2) is 11.5 Å². The maximum absolute atomic E-state index is 12.2. The molecule has 1 amide bonds. The number of benzene rings is 1. The van der Waals surface area contributed by atoms with Gasteiger partial charge in [0.25, 0.3) is 5.91 Å². The number of nitrogens with one attached hydrogen (secondary N) is 1. The molecule has 3 rings (SSSR count). The number of aryl methyl sites for hydroxylation is 2. The number of nitrogens with zero attached hydrogens (tertiary/aromatic N) is 2. The van der Waals surface area contributed by atoms with Crippen LogP contribution in [0.2, 0.25) is 0 Å². The third kappa shape index (κ3) is 2.84. The first-order valence-corrected chi connectivity index (χ1v) is 6.81. The highest BCUT2D eigenvalue weighted by atomic mass is 16.6. The molecule has 0 saturated heterocycles. The fourth-order valence-corrected chi connectivity index (χ4v) is 2.18. The monoisotopic (exact) mass is 287 g/mol. The van der Waals surface area contributed by atoms with Crippen molar-refractivity contribution in [3.63, 3.8) is 0 Å². The number of amides is 1. The van der Waals surface area contributed by atoms with Gasteiger partial charge in [-0.2, -0.15) is 5.10 Å². The summed E-state index contributed by atoms with van der Waals surface area (Å²) in [7, 11) is 1.88. The molecular formula is C15H17N3O3. The lowest BCUT2D eigenvalue weighted by molar-refractivity contribution is 0.0949. The van der Waals surface area contributed by atoms with Gasteiger partial charge in [0, 0.05) is 18.3 Å². The minimum Gasteiger partial charge on any atom is -0.486 e. The Labute approximate surface area is 122 Å². The van der Waals surface area contributed by atoms with Crippen LogP contribution in [0.5, 0.6) is 11.5 Å². The van der Waals surface area contributed by atoms with Gasteiger partial charge >= 0.3 is 0 Å². The van der Waals surface area contributed by atoms with Gasteiger partial charge in [-0.3, -0.25) is 9.48 Å². The van der Waals surface area contributed by atoms with E-state index in [1.54, 1.807) is 22.9 Å². The van der Waals surface area contributed by atoms with Crippen LogP contribution in [0.4, 0.5) is 0 Å². The molecule has 6 heteroatoms. The van der Waals surface area contributed by atoms with Gasteiger partial charge < -0.3 is 14.8 Å². The van der Waals surface area contributed by atoms with Crippen molar-refractivity contribution in [1.29, 1.82) is 0 Å². The second-order valence-corrected chi connectivity index (χ2v) is 4.94. The summed E-state index contributed by atoms with van der Waals surface area (Å²) in [5, 5.41) is 7.15. The average Bonchev–Trinajstić information content (AvgIpc) is 2.83. The minimum atomic E-state index is -0.157. The molecule has 0 atom stereocenters. The largest absolute Gasteiger partial charge is 0.486 e. The van der Waals surface area contributed by atoms with Crippen molar-refractivity contribution in [2.75, 3.05) is 13.2 Å². The van der Waals surface area contributed by atoms with Crippen molar-refractivity contribution in [1.82, 2.24) is 15.1 Å². The number of hydrogen-bond acceptors (Lipinski definition) is 4. The van der Waals surface area contributed by atoms with Gasteiger partial charge in [-0.15, -0.1) is 0 Å². The first-order valence-electron chi connectivity index (χ1n) is 6.81. The highest BCUT2D eigenvalue weighted by Gasteiger charge is 2.15. The topological polar surface area (TPSA) is 65.4 Å². The molecule has 1 aliphatic heterocycles. The quantitative estimate of drug-likeness (QED) is 0.927. The molecule has 110 valence electrons. The maximum atomic E-state index is 12.2. The van der Waals surface area contributed by atoms with E-state index in [-0.39, 0.29) is 5.91 Å². The lowest BCUT2D eigenvalue weighted by atomic mass is 10.2. The Morgan fingerprint density at radius 3 is 2.76 bits per heavy atom. The summed E-state index contributed by atoms with van der Waals surface area (Å²) in [6.07, 6.45) is 0. The number of ether oxygens (including phenoxy) is 2. The van der Waals surface area contributed by atoms with E-state index in [4.69, 9.17) is 9.47 Å². The minimum absolute atomic E-state index is 0.157. The Bertz CT molecular complexity index is 659. The second kappa shape index (κ2) is 5.47. The zero-order valence-electron chi connectivity index (χ0n) is 12.0. The van der Waals surface area contributed by atoms with E-state index in [0.29, 0.717) is 36.8 Å². The van der Waals surface area contributed by atoms with Crippen LogP contribution in [0.1, 0.15) is 21.7 Å². The summed E-state index contributed by atoms with van der Waals surface area (Å²) in [5.74, 6) is 1.14. The molecule has 1 aromatic heterocycles. The highest BCUT2D eigenvalue weighted by Crippen LogP contribution is 2.30. The molecule has 1 aromatic carbocycles. The Hall–Kier alpha value is -2.50. The van der Waals surface area contributed by atoms with Gasteiger partial charge in [-0.05, 0) is 31.2 Å². The molecule has 6 nitrogen and oxygen atoms in total. The Balaban J connectivity index is 1.67. The Kier molecular flexibility index (Phi) is 3.51. The molecule has 2 heterocycles. The zero-order valence-corrected chi connectivity index (χ0v) is 12.0. The molecule has 21 heavy (non-hydrogen) atoms. The van der Waals surface area contributed by atoms with Crippen LogP contribution in [-0.4, -0.2) is 28.9 Å². The number of rotatable bonds is 3. The molecular weight excluding hydrogens is 270 g/mol. The Morgan fingerprint density at radius 2 is 2.05 bits per heavy atom. The first-order chi connectivity index (χ1) is 10.1. The summed E-state index contributed by atoms with van der Waals surface area (Å²) >= 11 is 0. The highest BCUT2D eigenvalue weighted by molar-refractivity contribution is 5.94. The van der Waals surface area contributed by atoms with Crippen molar-refractivity contribution in [2.45, 2.75) is 13.5 Å². The maximum Gasteiger partial charge on any atom is 0.251 e. The van der Waals surface area contributed by atoms with Crippen LogP contribution < -0.4 is 14.8 Å². The summed E-state index contributed by atoms with van der Waals surface area (Å²) in [4.78, 5) is 12.2.